The molecule has 1 nitrogen and oxygen atoms in total. The third-order valence-corrected chi connectivity index (χ3v) is 1.69. The number of hydrogen-bond acceptors (Lipinski definition) is 1. The van der Waals surface area contributed by atoms with E-state index in [4.69, 9.17) is 5.73 Å². The van der Waals surface area contributed by atoms with Gasteiger partial charge in [-0.15, -0.1) is 0 Å². The number of anilines is 1. The molecule has 0 aliphatic carbocycles. The lowest BCUT2D eigenvalue weighted by molar-refractivity contribution is 1.70. The summed E-state index contributed by atoms with van der Waals surface area (Å²) in [6.07, 6.45) is 0. The predicted molar refractivity (Wildman–Crippen MR) is 66.1 cm³/mol. The predicted octanol–water partition coefficient (Wildman–Crippen LogP) is 3.52. The average Bonchev–Trinajstić information content (AvgIpc) is 2.24. The molecular weight excluding hydrogens is 182 g/mol. The summed E-state index contributed by atoms with van der Waals surface area (Å²) in [6.45, 7) is 0. The summed E-state index contributed by atoms with van der Waals surface area (Å²) in [7, 11) is 0. The molecule has 0 heterocycles. The Morgan fingerprint density at radius 2 is 0.733 bits per heavy atom. The lowest BCUT2D eigenvalue weighted by Gasteiger charge is -1.80. The Morgan fingerprint density at radius 1 is 0.467 bits per heavy atom. The highest BCUT2D eigenvalue weighted by molar-refractivity contribution is 5.33. The van der Waals surface area contributed by atoms with E-state index in [1.165, 1.54) is 0 Å². The molecule has 0 saturated carbocycles. The Kier molecular flexibility index (Phi) is 5.45. The van der Waals surface area contributed by atoms with Crippen molar-refractivity contribution in [1.29, 1.82) is 0 Å². The van der Waals surface area contributed by atoms with Gasteiger partial charge >= 0.3 is 0 Å². The Morgan fingerprint density at radius 3 is 1.07 bits per heavy atom. The summed E-state index contributed by atoms with van der Waals surface area (Å²) in [5.41, 5.74) is 6.45. The smallest absolute Gasteiger partial charge is 0.0313 e. The number of nitrogens with two attached hydrogens (primary N) is 1. The van der Waals surface area contributed by atoms with Crippen molar-refractivity contribution >= 4 is 5.69 Å². The van der Waals surface area contributed by atoms with Crippen LogP contribution in [-0.4, -0.2) is 0 Å². The second kappa shape index (κ2) is 7.39. The standard InChI is InChI=1S/C14H15N/c15-14-12-10-8-6-4-2-1-3-5-7-9-11-13-14/h1-13H,15H2. The van der Waals surface area contributed by atoms with Crippen molar-refractivity contribution in [2.24, 2.45) is 0 Å². The van der Waals surface area contributed by atoms with Crippen LogP contribution >= 0.6 is 0 Å². The minimum absolute atomic E-state index is 0.737. The van der Waals surface area contributed by atoms with E-state index >= 15 is 0 Å². The van der Waals surface area contributed by atoms with Gasteiger partial charge in [-0.1, -0.05) is 66.7 Å². The Labute approximate surface area is 90.9 Å². The lowest BCUT2D eigenvalue weighted by atomic mass is 10.3. The second-order valence-corrected chi connectivity index (χ2v) is 2.95. The highest BCUT2D eigenvalue weighted by Gasteiger charge is 1.69. The van der Waals surface area contributed by atoms with Gasteiger partial charge in [-0.25, -0.2) is 0 Å². The van der Waals surface area contributed by atoms with Gasteiger partial charge in [0.05, 0.1) is 0 Å². The molecule has 0 radical (unpaired) electrons. The fourth-order valence-electron chi connectivity index (χ4n) is 0.966. The first kappa shape index (κ1) is 11.1. The SMILES string of the molecule is Nc1ccccccccccccc1. The van der Waals surface area contributed by atoms with Crippen molar-refractivity contribution in [3.05, 3.63) is 78.9 Å². The van der Waals surface area contributed by atoms with Gasteiger partial charge in [0.25, 0.3) is 0 Å². The summed E-state index contributed by atoms with van der Waals surface area (Å²) in [6, 6.07) is 25.2. The number of hydrogen-bond donors (Lipinski definition) is 1. The van der Waals surface area contributed by atoms with Crippen LogP contribution in [0.5, 0.6) is 0 Å². The fraction of sp³-hybridized carbons (Fsp3) is 0. The third-order valence-electron chi connectivity index (χ3n) is 1.69. The van der Waals surface area contributed by atoms with Crippen molar-refractivity contribution in [3.63, 3.8) is 0 Å². The molecule has 2 N–H and O–H groups in total. The molecule has 1 rings (SSSR count). The van der Waals surface area contributed by atoms with E-state index in [0.717, 1.165) is 5.69 Å². The summed E-state index contributed by atoms with van der Waals surface area (Å²) in [4.78, 5) is 0. The summed E-state index contributed by atoms with van der Waals surface area (Å²) < 4.78 is 0. The third kappa shape index (κ3) is 6.11. The van der Waals surface area contributed by atoms with Gasteiger partial charge in [-0.2, -0.15) is 0 Å². The normalized spacial score (nSPS) is 8.27. The van der Waals surface area contributed by atoms with Gasteiger partial charge in [0.2, 0.25) is 0 Å². The van der Waals surface area contributed by atoms with Crippen LogP contribution in [0.4, 0.5) is 5.69 Å². The minimum Gasteiger partial charge on any atom is -0.399 e. The molecule has 0 aliphatic rings. The monoisotopic (exact) mass is 197 g/mol. The molecule has 0 bridgehead atoms. The molecule has 1 aromatic rings. The van der Waals surface area contributed by atoms with Crippen molar-refractivity contribution in [1.82, 2.24) is 0 Å². The van der Waals surface area contributed by atoms with Crippen molar-refractivity contribution in [2.75, 3.05) is 5.73 Å². The molecule has 0 amide bonds. The highest BCUT2D eigenvalue weighted by Crippen LogP contribution is 1.92. The topological polar surface area (TPSA) is 26.0 Å². The number of rotatable bonds is 0. The molecule has 1 heteroatoms. The van der Waals surface area contributed by atoms with Gasteiger partial charge < -0.3 is 5.73 Å². The van der Waals surface area contributed by atoms with Gasteiger partial charge in [0.15, 0.2) is 0 Å². The summed E-state index contributed by atoms with van der Waals surface area (Å²) in [5.74, 6) is 0. The van der Waals surface area contributed by atoms with E-state index < -0.39 is 0 Å². The Hall–Kier alpha value is -2.02. The lowest BCUT2D eigenvalue weighted by Crippen LogP contribution is -1.77. The first-order valence-corrected chi connectivity index (χ1v) is 4.87. The molecule has 0 spiro atoms. The molecular formula is C14H15N. The van der Waals surface area contributed by atoms with Crippen LogP contribution in [0.15, 0.2) is 78.9 Å². The Balaban J connectivity index is 3.11. The van der Waals surface area contributed by atoms with E-state index in [9.17, 15) is 0 Å². The average molecular weight is 197 g/mol. The molecule has 15 heavy (non-hydrogen) atoms. The molecule has 0 aromatic heterocycles. The molecule has 0 saturated heterocycles. The maximum absolute atomic E-state index is 5.72. The molecule has 0 unspecified atom stereocenters. The Bertz CT molecular complexity index is 361. The van der Waals surface area contributed by atoms with Crippen LogP contribution in [0.2, 0.25) is 0 Å². The van der Waals surface area contributed by atoms with Crippen molar-refractivity contribution < 1.29 is 0 Å². The maximum Gasteiger partial charge on any atom is 0.0313 e. The van der Waals surface area contributed by atoms with Crippen molar-refractivity contribution in [3.8, 4) is 0 Å². The second-order valence-electron chi connectivity index (χ2n) is 2.95. The van der Waals surface area contributed by atoms with Crippen LogP contribution in [0.25, 0.3) is 0 Å². The zero-order valence-electron chi connectivity index (χ0n) is 8.58. The number of nitrogen functional groups attached to an aromatic ring is 1. The quantitative estimate of drug-likeness (QED) is 0.676. The molecule has 1 aromatic carbocycles. The molecule has 0 fully saturated rings. The van der Waals surface area contributed by atoms with Crippen LogP contribution in [-0.2, 0) is 0 Å². The van der Waals surface area contributed by atoms with Gasteiger partial charge in [-0.05, 0) is 12.1 Å². The molecule has 0 aliphatic heterocycles. The van der Waals surface area contributed by atoms with E-state index in [0.29, 0.717) is 0 Å². The fourth-order valence-corrected chi connectivity index (χ4v) is 0.966. The van der Waals surface area contributed by atoms with Crippen LogP contribution < -0.4 is 5.73 Å². The van der Waals surface area contributed by atoms with Gasteiger partial charge in [0.1, 0.15) is 0 Å². The van der Waals surface area contributed by atoms with Gasteiger partial charge in [0, 0.05) is 5.69 Å². The summed E-state index contributed by atoms with van der Waals surface area (Å²) >= 11 is 0. The largest absolute Gasteiger partial charge is 0.399 e. The molecule has 76 valence electrons. The minimum atomic E-state index is 0.737. The summed E-state index contributed by atoms with van der Waals surface area (Å²) in [5, 5.41) is 0. The van der Waals surface area contributed by atoms with Crippen molar-refractivity contribution in [2.45, 2.75) is 0 Å². The van der Waals surface area contributed by atoms with E-state index in [1.54, 1.807) is 0 Å². The highest BCUT2D eigenvalue weighted by atomic mass is 14.5. The first-order valence-electron chi connectivity index (χ1n) is 4.87. The van der Waals surface area contributed by atoms with E-state index in [1.807, 2.05) is 78.9 Å². The van der Waals surface area contributed by atoms with Crippen LogP contribution in [0.3, 0.4) is 0 Å². The van der Waals surface area contributed by atoms with Gasteiger partial charge in [-0.3, -0.25) is 0 Å². The van der Waals surface area contributed by atoms with Crippen LogP contribution in [0, 0.1) is 0 Å². The van der Waals surface area contributed by atoms with Crippen LogP contribution in [0.1, 0.15) is 0 Å². The molecule has 0 atom stereocenters. The zero-order chi connectivity index (χ0) is 10.8. The maximum atomic E-state index is 5.72. The first-order chi connectivity index (χ1) is 7.39. The van der Waals surface area contributed by atoms with E-state index in [-0.39, 0.29) is 0 Å². The van der Waals surface area contributed by atoms with E-state index in [2.05, 4.69) is 0 Å². The zero-order valence-corrected chi connectivity index (χ0v) is 8.58.